The van der Waals surface area contributed by atoms with E-state index in [4.69, 9.17) is 5.11 Å². The van der Waals surface area contributed by atoms with Gasteiger partial charge in [-0.2, -0.15) is 0 Å². The van der Waals surface area contributed by atoms with E-state index in [0.29, 0.717) is 58.5 Å². The van der Waals surface area contributed by atoms with Gasteiger partial charge in [0, 0.05) is 19.5 Å². The summed E-state index contributed by atoms with van der Waals surface area (Å²) in [6, 6.07) is -0.551. The molecule has 0 heterocycles. The van der Waals surface area contributed by atoms with Crippen LogP contribution in [0, 0.1) is 5.92 Å². The molecule has 0 aromatic rings. The number of unbranched alkanes of at least 4 members (excludes halogenated alkanes) is 20. The van der Waals surface area contributed by atoms with Gasteiger partial charge in [-0.25, -0.2) is 0 Å². The molecule has 0 rings (SSSR count). The molecule has 3 amide bonds. The molecule has 1 unspecified atom stereocenters. The minimum atomic E-state index is -1.93. The Kier molecular flexibility index (Phi) is 47.1. The van der Waals surface area contributed by atoms with Crippen LogP contribution in [-0.2, 0) is 14.4 Å². The largest absolute Gasteiger partial charge is 0.437 e. The predicted octanol–water partition coefficient (Wildman–Crippen LogP) is 2.92. The van der Waals surface area contributed by atoms with Gasteiger partial charge in [0.25, 0.3) is 5.91 Å². The Morgan fingerprint density at radius 2 is 0.892 bits per heavy atom. The van der Waals surface area contributed by atoms with E-state index in [2.05, 4.69) is 43.0 Å². The SMILES string of the molecule is CCCCCCCCCCC(NC(=O)CCCCCCCCCCCNC(=O)[C@H](O)[C@@H](O)[C@H](O)[C@H](O)CO)C(=O)NCCCCCCC(CN(CCCCNB(C)O)B(C)O)CN(CCCCNB(C)O)B(C)O. The fourth-order valence-electron chi connectivity index (χ4n) is 9.17. The smallest absolute Gasteiger partial charge is 0.376 e. The van der Waals surface area contributed by atoms with Crippen molar-refractivity contribution >= 4 is 45.9 Å². The van der Waals surface area contributed by atoms with Crippen molar-refractivity contribution < 1.29 is 60.0 Å². The zero-order valence-electron chi connectivity index (χ0n) is 47.1. The Bertz CT molecular complexity index is 1310. The van der Waals surface area contributed by atoms with Crippen molar-refractivity contribution in [3.8, 4) is 0 Å². The van der Waals surface area contributed by atoms with Gasteiger partial charge in [-0.3, -0.25) is 14.4 Å². The molecular formula is C51H109B4N7O12. The van der Waals surface area contributed by atoms with Crippen molar-refractivity contribution in [2.75, 3.05) is 59.0 Å². The van der Waals surface area contributed by atoms with Crippen molar-refractivity contribution in [2.45, 2.75) is 244 Å². The highest BCUT2D eigenvalue weighted by Gasteiger charge is 2.34. The lowest BCUT2D eigenvalue weighted by Gasteiger charge is -2.33. The second kappa shape index (κ2) is 48.3. The van der Waals surface area contributed by atoms with Gasteiger partial charge in [0.15, 0.2) is 6.10 Å². The Balaban J connectivity index is 4.98. The monoisotopic (exact) mass is 1060 g/mol. The van der Waals surface area contributed by atoms with Crippen molar-refractivity contribution in [1.82, 2.24) is 36.0 Å². The van der Waals surface area contributed by atoms with E-state index in [-0.39, 0.29) is 17.7 Å². The average Bonchev–Trinajstić information content (AvgIpc) is 3.36. The van der Waals surface area contributed by atoms with Gasteiger partial charge in [-0.05, 0) is 130 Å². The van der Waals surface area contributed by atoms with Gasteiger partial charge in [-0.1, -0.05) is 122 Å². The number of carbonyl (C=O) groups is 3. The highest BCUT2D eigenvalue weighted by atomic mass is 16.4. The van der Waals surface area contributed by atoms with Crippen molar-refractivity contribution in [3.05, 3.63) is 0 Å². The summed E-state index contributed by atoms with van der Waals surface area (Å²) in [5.41, 5.74) is 0. The van der Waals surface area contributed by atoms with E-state index in [9.17, 15) is 54.9 Å². The quantitative estimate of drug-likeness (QED) is 0.0308. The summed E-state index contributed by atoms with van der Waals surface area (Å²) >= 11 is 0. The third-order valence-electron chi connectivity index (χ3n) is 13.9. The molecule has 0 saturated heterocycles. The van der Waals surface area contributed by atoms with Gasteiger partial charge in [0.05, 0.1) is 6.61 Å². The molecule has 0 aliphatic heterocycles. The van der Waals surface area contributed by atoms with Crippen LogP contribution in [0.4, 0.5) is 0 Å². The van der Waals surface area contributed by atoms with Gasteiger partial charge >= 0.3 is 28.2 Å². The third kappa shape index (κ3) is 40.4. The van der Waals surface area contributed by atoms with Crippen molar-refractivity contribution in [3.63, 3.8) is 0 Å². The molecule has 432 valence electrons. The van der Waals surface area contributed by atoms with E-state index in [1.165, 1.54) is 32.1 Å². The summed E-state index contributed by atoms with van der Waals surface area (Å²) in [6.07, 6.45) is 19.4. The fourth-order valence-corrected chi connectivity index (χ4v) is 9.17. The van der Waals surface area contributed by atoms with Crippen LogP contribution in [0.5, 0.6) is 0 Å². The highest BCUT2D eigenvalue weighted by molar-refractivity contribution is 6.46. The topological polar surface area (TPSA) is 300 Å². The number of aliphatic hydroxyl groups excluding tert-OH is 5. The molecule has 0 aliphatic carbocycles. The molecule has 0 spiro atoms. The Morgan fingerprint density at radius 3 is 1.34 bits per heavy atom. The van der Waals surface area contributed by atoms with Crippen LogP contribution in [0.25, 0.3) is 0 Å². The first-order valence-electron chi connectivity index (χ1n) is 29.3. The Labute approximate surface area is 449 Å². The zero-order valence-corrected chi connectivity index (χ0v) is 47.1. The number of carbonyl (C=O) groups excluding carboxylic acids is 3. The molecule has 19 nitrogen and oxygen atoms in total. The molecule has 23 heteroatoms. The molecule has 74 heavy (non-hydrogen) atoms. The summed E-state index contributed by atoms with van der Waals surface area (Å²) in [5, 5.41) is 103. The maximum Gasteiger partial charge on any atom is 0.376 e. The van der Waals surface area contributed by atoms with E-state index in [1.54, 1.807) is 27.3 Å². The summed E-state index contributed by atoms with van der Waals surface area (Å²) in [6.45, 7) is 13.5. The van der Waals surface area contributed by atoms with Crippen LogP contribution >= 0.6 is 0 Å². The van der Waals surface area contributed by atoms with Crippen LogP contribution in [0.2, 0.25) is 27.3 Å². The molecule has 0 radical (unpaired) electrons. The number of nitrogens with one attached hydrogen (secondary N) is 5. The van der Waals surface area contributed by atoms with Crippen LogP contribution < -0.4 is 26.4 Å². The molecular weight excluding hydrogens is 946 g/mol. The highest BCUT2D eigenvalue weighted by Crippen LogP contribution is 2.18. The number of hydrogen-bond acceptors (Lipinski definition) is 16. The molecule has 0 aromatic carbocycles. The average molecular weight is 1060 g/mol. The number of nitrogens with zero attached hydrogens (tertiary/aromatic N) is 2. The first-order valence-corrected chi connectivity index (χ1v) is 29.3. The number of hydrogen-bond donors (Lipinski definition) is 14. The minimum absolute atomic E-state index is 0.0858. The first kappa shape index (κ1) is 72.1. The summed E-state index contributed by atoms with van der Waals surface area (Å²) < 4.78 is 0. The Hall–Kier alpha value is -1.85. The lowest BCUT2D eigenvalue weighted by molar-refractivity contribution is -0.148. The Morgan fingerprint density at radius 1 is 0.486 bits per heavy atom. The van der Waals surface area contributed by atoms with Gasteiger partial charge < -0.3 is 81.7 Å². The zero-order chi connectivity index (χ0) is 55.4. The number of rotatable bonds is 53. The van der Waals surface area contributed by atoms with E-state index < -0.39 is 71.2 Å². The van der Waals surface area contributed by atoms with Crippen molar-refractivity contribution in [1.29, 1.82) is 0 Å². The number of aliphatic hydroxyl groups is 5. The van der Waals surface area contributed by atoms with Gasteiger partial charge in [0.1, 0.15) is 24.4 Å². The summed E-state index contributed by atoms with van der Waals surface area (Å²) in [7, 11) is -2.34. The summed E-state index contributed by atoms with van der Waals surface area (Å²) in [4.78, 5) is 42.9. The second-order valence-corrected chi connectivity index (χ2v) is 21.1. The van der Waals surface area contributed by atoms with E-state index in [1.807, 2.05) is 0 Å². The van der Waals surface area contributed by atoms with Crippen LogP contribution in [0.1, 0.15) is 187 Å². The molecule has 0 aromatic heterocycles. The number of amides is 3. The molecule has 0 aliphatic rings. The lowest BCUT2D eigenvalue weighted by Crippen LogP contribution is -2.51. The normalized spacial score (nSPS) is 13.7. The maximum atomic E-state index is 13.5. The van der Waals surface area contributed by atoms with Crippen LogP contribution in [-0.4, -0.2) is 191 Å². The third-order valence-corrected chi connectivity index (χ3v) is 13.9. The second-order valence-electron chi connectivity index (χ2n) is 21.1. The standard InChI is InChI=1S/C51H109B4N7O12/c1-6-7-8-9-10-14-17-23-32-44(60-46(65)33-24-18-15-12-11-13-16-20-25-35-57-51(70)49(68)48(67)47(66)45(64)42-63)50(69)56-34-26-21-19-22-31-43(40-61(54(4)73)38-29-27-36-58-52(2)71)41-62(55(5)74)39-30-28-37-59-53(3)72/h43-45,47-49,58-59,63-64,66-68,71-74H,6-42H2,1-5H3,(H,56,69)(H,57,70)(H,60,65)/t44?,45-,47-,48+,49-/m1/s1. The molecule has 0 bridgehead atoms. The van der Waals surface area contributed by atoms with Crippen LogP contribution in [0.15, 0.2) is 0 Å². The van der Waals surface area contributed by atoms with Crippen molar-refractivity contribution in [2.24, 2.45) is 5.92 Å². The van der Waals surface area contributed by atoms with E-state index >= 15 is 0 Å². The molecule has 5 atom stereocenters. The molecule has 14 N–H and O–H groups in total. The van der Waals surface area contributed by atoms with Gasteiger partial charge in [-0.15, -0.1) is 0 Å². The fraction of sp³-hybridized carbons (Fsp3) is 0.941. The molecule has 0 saturated carbocycles. The van der Waals surface area contributed by atoms with E-state index in [0.717, 1.165) is 142 Å². The predicted molar refractivity (Wildman–Crippen MR) is 302 cm³/mol. The minimum Gasteiger partial charge on any atom is -0.437 e. The first-order chi connectivity index (χ1) is 35.4. The molecule has 0 fully saturated rings. The summed E-state index contributed by atoms with van der Waals surface area (Å²) in [5.74, 6) is -0.838. The van der Waals surface area contributed by atoms with Gasteiger partial charge in [0.2, 0.25) is 11.8 Å². The maximum absolute atomic E-state index is 13.5. The van der Waals surface area contributed by atoms with Crippen LogP contribution in [0.3, 0.4) is 0 Å². The lowest BCUT2D eigenvalue weighted by atomic mass is 9.80.